The van der Waals surface area contributed by atoms with Crippen LogP contribution in [0.3, 0.4) is 0 Å². The number of carbonyl (C=O) groups is 1. The van der Waals surface area contributed by atoms with Gasteiger partial charge >= 0.3 is 0 Å². The lowest BCUT2D eigenvalue weighted by Gasteiger charge is -2.16. The SMILES string of the molecule is C[C@@H]1CN(c2ccccn2)C[C@H]1C(=O)Nc1ncn[nH]1. The van der Waals surface area contributed by atoms with Crippen LogP contribution in [0.2, 0.25) is 0 Å². The lowest BCUT2D eigenvalue weighted by atomic mass is 9.97. The number of H-pyrrole nitrogens is 1. The Kier molecular flexibility index (Phi) is 3.32. The van der Waals surface area contributed by atoms with Gasteiger partial charge in [-0.3, -0.25) is 10.1 Å². The molecule has 7 heteroatoms. The van der Waals surface area contributed by atoms with Gasteiger partial charge in [-0.2, -0.15) is 10.1 Å². The molecule has 104 valence electrons. The van der Waals surface area contributed by atoms with Crippen LogP contribution in [0.15, 0.2) is 30.7 Å². The number of aromatic amines is 1. The zero-order valence-electron chi connectivity index (χ0n) is 11.2. The molecule has 20 heavy (non-hydrogen) atoms. The predicted octanol–water partition coefficient (Wildman–Crippen LogP) is 0.911. The number of anilines is 2. The highest BCUT2D eigenvalue weighted by Gasteiger charge is 2.35. The Balaban J connectivity index is 1.68. The van der Waals surface area contributed by atoms with Crippen molar-refractivity contribution in [2.24, 2.45) is 11.8 Å². The van der Waals surface area contributed by atoms with E-state index in [1.54, 1.807) is 6.20 Å². The summed E-state index contributed by atoms with van der Waals surface area (Å²) in [6.45, 7) is 3.57. The monoisotopic (exact) mass is 272 g/mol. The van der Waals surface area contributed by atoms with Gasteiger partial charge in [-0.1, -0.05) is 13.0 Å². The molecule has 0 radical (unpaired) electrons. The van der Waals surface area contributed by atoms with Crippen LogP contribution in [-0.4, -0.2) is 39.2 Å². The van der Waals surface area contributed by atoms with Gasteiger partial charge in [0.05, 0.1) is 5.92 Å². The molecule has 0 aromatic carbocycles. The second kappa shape index (κ2) is 5.28. The van der Waals surface area contributed by atoms with E-state index in [9.17, 15) is 4.79 Å². The van der Waals surface area contributed by atoms with Gasteiger partial charge in [-0.15, -0.1) is 0 Å². The molecule has 0 saturated carbocycles. The molecule has 0 spiro atoms. The first-order valence-electron chi connectivity index (χ1n) is 6.56. The number of hydrogen-bond acceptors (Lipinski definition) is 5. The molecule has 2 N–H and O–H groups in total. The third-order valence-electron chi connectivity index (χ3n) is 3.58. The zero-order chi connectivity index (χ0) is 13.9. The Hall–Kier alpha value is -2.44. The van der Waals surface area contributed by atoms with Crippen LogP contribution in [0, 0.1) is 11.8 Å². The van der Waals surface area contributed by atoms with Gasteiger partial charge in [0.1, 0.15) is 12.1 Å². The molecule has 3 rings (SSSR count). The standard InChI is InChI=1S/C13H16N6O/c1-9-6-19(11-4-2-3-5-14-11)7-10(9)12(20)17-13-15-8-16-18-13/h2-5,8-10H,6-7H2,1H3,(H2,15,16,17,18,20)/t9-,10-/m1/s1. The topological polar surface area (TPSA) is 86.8 Å². The summed E-state index contributed by atoms with van der Waals surface area (Å²) < 4.78 is 0. The van der Waals surface area contributed by atoms with E-state index in [-0.39, 0.29) is 17.7 Å². The van der Waals surface area contributed by atoms with Gasteiger partial charge in [0.2, 0.25) is 11.9 Å². The van der Waals surface area contributed by atoms with Crippen molar-refractivity contribution in [3.8, 4) is 0 Å². The number of carbonyl (C=O) groups excluding carboxylic acids is 1. The number of pyridine rings is 1. The summed E-state index contributed by atoms with van der Waals surface area (Å²) in [4.78, 5) is 22.6. The van der Waals surface area contributed by atoms with Crippen LogP contribution < -0.4 is 10.2 Å². The average Bonchev–Trinajstić information content (AvgIpc) is 3.09. The molecule has 2 aromatic rings. The minimum atomic E-state index is -0.0814. The highest BCUT2D eigenvalue weighted by molar-refractivity contribution is 5.91. The van der Waals surface area contributed by atoms with Crippen molar-refractivity contribution in [3.05, 3.63) is 30.7 Å². The van der Waals surface area contributed by atoms with Crippen LogP contribution in [0.25, 0.3) is 0 Å². The summed E-state index contributed by atoms with van der Waals surface area (Å²) in [5.41, 5.74) is 0. The van der Waals surface area contributed by atoms with E-state index in [4.69, 9.17) is 0 Å². The quantitative estimate of drug-likeness (QED) is 0.867. The van der Waals surface area contributed by atoms with Crippen LogP contribution in [-0.2, 0) is 4.79 Å². The molecule has 2 atom stereocenters. The molecule has 1 saturated heterocycles. The fourth-order valence-corrected chi connectivity index (χ4v) is 2.51. The number of nitrogens with one attached hydrogen (secondary N) is 2. The minimum absolute atomic E-state index is 0.0346. The average molecular weight is 272 g/mol. The third-order valence-corrected chi connectivity index (χ3v) is 3.58. The Morgan fingerprint density at radius 3 is 3.00 bits per heavy atom. The van der Waals surface area contributed by atoms with Crippen LogP contribution in [0.5, 0.6) is 0 Å². The van der Waals surface area contributed by atoms with E-state index in [2.05, 4.69) is 37.3 Å². The molecule has 7 nitrogen and oxygen atoms in total. The minimum Gasteiger partial charge on any atom is -0.356 e. The summed E-state index contributed by atoms with van der Waals surface area (Å²) in [6.07, 6.45) is 3.13. The molecule has 0 bridgehead atoms. The van der Waals surface area contributed by atoms with Gasteiger partial charge in [-0.05, 0) is 18.1 Å². The smallest absolute Gasteiger partial charge is 0.231 e. The van der Waals surface area contributed by atoms with E-state index in [1.807, 2.05) is 18.2 Å². The summed E-state index contributed by atoms with van der Waals surface area (Å²) in [7, 11) is 0. The van der Waals surface area contributed by atoms with Crippen LogP contribution in [0.4, 0.5) is 11.8 Å². The molecule has 1 fully saturated rings. The van der Waals surface area contributed by atoms with Crippen LogP contribution in [0.1, 0.15) is 6.92 Å². The van der Waals surface area contributed by atoms with Gasteiger partial charge in [-0.25, -0.2) is 10.1 Å². The van der Waals surface area contributed by atoms with Crippen LogP contribution >= 0.6 is 0 Å². The zero-order valence-corrected chi connectivity index (χ0v) is 11.2. The molecule has 0 unspecified atom stereocenters. The molecule has 1 amide bonds. The molecular formula is C13H16N6O. The fourth-order valence-electron chi connectivity index (χ4n) is 2.51. The Labute approximate surface area is 116 Å². The fraction of sp³-hybridized carbons (Fsp3) is 0.385. The predicted molar refractivity (Wildman–Crippen MR) is 74.1 cm³/mol. The third kappa shape index (κ3) is 2.47. The van der Waals surface area contributed by atoms with Gasteiger partial charge in [0.15, 0.2) is 0 Å². The van der Waals surface area contributed by atoms with Crippen molar-refractivity contribution in [3.63, 3.8) is 0 Å². The number of hydrogen-bond donors (Lipinski definition) is 2. The number of amides is 1. The van der Waals surface area contributed by atoms with Gasteiger partial charge in [0, 0.05) is 19.3 Å². The van der Waals surface area contributed by atoms with Crippen molar-refractivity contribution in [2.75, 3.05) is 23.3 Å². The first kappa shape index (κ1) is 12.6. The van der Waals surface area contributed by atoms with Crippen molar-refractivity contribution in [1.82, 2.24) is 20.2 Å². The van der Waals surface area contributed by atoms with E-state index in [1.165, 1.54) is 6.33 Å². The summed E-state index contributed by atoms with van der Waals surface area (Å²) in [5.74, 6) is 1.45. The van der Waals surface area contributed by atoms with Gasteiger partial charge in [0.25, 0.3) is 0 Å². The van der Waals surface area contributed by atoms with E-state index < -0.39 is 0 Å². The maximum absolute atomic E-state index is 12.3. The molecule has 1 aliphatic rings. The highest BCUT2D eigenvalue weighted by Crippen LogP contribution is 2.27. The number of rotatable bonds is 3. The summed E-state index contributed by atoms with van der Waals surface area (Å²) >= 11 is 0. The molecule has 2 aromatic heterocycles. The number of nitrogens with zero attached hydrogens (tertiary/aromatic N) is 4. The van der Waals surface area contributed by atoms with Crippen molar-refractivity contribution in [2.45, 2.75) is 6.92 Å². The number of aromatic nitrogens is 4. The molecule has 0 aliphatic carbocycles. The Morgan fingerprint density at radius 2 is 2.30 bits per heavy atom. The highest BCUT2D eigenvalue weighted by atomic mass is 16.2. The Morgan fingerprint density at radius 1 is 1.40 bits per heavy atom. The maximum atomic E-state index is 12.3. The van der Waals surface area contributed by atoms with Gasteiger partial charge < -0.3 is 4.90 Å². The van der Waals surface area contributed by atoms with Crippen molar-refractivity contribution >= 4 is 17.7 Å². The molecule has 1 aliphatic heterocycles. The van der Waals surface area contributed by atoms with Crippen molar-refractivity contribution < 1.29 is 4.79 Å². The first-order chi connectivity index (χ1) is 9.74. The Bertz CT molecular complexity index is 570. The molecule has 3 heterocycles. The normalized spacial score (nSPS) is 21.9. The first-order valence-corrected chi connectivity index (χ1v) is 6.56. The largest absolute Gasteiger partial charge is 0.356 e. The second-order valence-electron chi connectivity index (χ2n) is 5.00. The lowest BCUT2D eigenvalue weighted by Crippen LogP contribution is -2.29. The molecular weight excluding hydrogens is 256 g/mol. The summed E-state index contributed by atoms with van der Waals surface area (Å²) in [6, 6.07) is 5.80. The lowest BCUT2D eigenvalue weighted by molar-refractivity contribution is -0.120. The maximum Gasteiger partial charge on any atom is 0.231 e. The van der Waals surface area contributed by atoms with E-state index in [0.717, 1.165) is 12.4 Å². The van der Waals surface area contributed by atoms with Crippen molar-refractivity contribution in [1.29, 1.82) is 0 Å². The van der Waals surface area contributed by atoms with E-state index >= 15 is 0 Å². The summed E-state index contributed by atoms with van der Waals surface area (Å²) in [5, 5.41) is 9.09. The second-order valence-corrected chi connectivity index (χ2v) is 5.00. The van der Waals surface area contributed by atoms with E-state index in [0.29, 0.717) is 12.5 Å².